The van der Waals surface area contributed by atoms with Crippen LogP contribution in [0.3, 0.4) is 0 Å². The number of nitrogens with zero attached hydrogens (tertiary/aromatic N) is 2. The normalized spacial score (nSPS) is 19.5. The van der Waals surface area contributed by atoms with E-state index in [1.54, 1.807) is 12.3 Å². The molecule has 7 heteroatoms. The predicted octanol–water partition coefficient (Wildman–Crippen LogP) is 2.70. The first-order valence-corrected chi connectivity index (χ1v) is 10.5. The van der Waals surface area contributed by atoms with Crippen LogP contribution in [0.15, 0.2) is 35.4 Å². The molecule has 0 aliphatic carbocycles. The fourth-order valence-electron chi connectivity index (χ4n) is 3.17. The van der Waals surface area contributed by atoms with Gasteiger partial charge in [0.05, 0.1) is 10.6 Å². The van der Waals surface area contributed by atoms with E-state index in [2.05, 4.69) is 14.6 Å². The summed E-state index contributed by atoms with van der Waals surface area (Å²) in [4.78, 5) is 8.92. The van der Waals surface area contributed by atoms with Crippen LogP contribution < -0.4 is 4.72 Å². The Kier molecular flexibility index (Phi) is 5.34. The predicted molar refractivity (Wildman–Crippen MR) is 96.7 cm³/mol. The fraction of sp³-hybridized carbons (Fsp3) is 0.471. The number of rotatable bonds is 5. The molecule has 1 N–H and O–H groups in total. The Morgan fingerprint density at radius 3 is 2.88 bits per heavy atom. The standard InChI is InChI=1S/C17H23N3O2S2/c1-13-10-17(14(2)23-13)24(21,22)19-16-7-5-9-20(12-16)11-15-6-3-4-8-18-15/h3-4,6,8,10,16,19H,5,7,9,11-12H2,1-2H3. The molecular formula is C17H23N3O2S2. The lowest BCUT2D eigenvalue weighted by atomic mass is 10.1. The van der Waals surface area contributed by atoms with Crippen molar-refractivity contribution < 1.29 is 8.42 Å². The maximum atomic E-state index is 12.7. The number of aromatic nitrogens is 1. The van der Waals surface area contributed by atoms with Crippen molar-refractivity contribution in [2.75, 3.05) is 13.1 Å². The van der Waals surface area contributed by atoms with Gasteiger partial charge in [-0.2, -0.15) is 0 Å². The molecular weight excluding hydrogens is 342 g/mol. The van der Waals surface area contributed by atoms with Gasteiger partial charge in [0.1, 0.15) is 0 Å². The largest absolute Gasteiger partial charge is 0.296 e. The summed E-state index contributed by atoms with van der Waals surface area (Å²) in [5.74, 6) is 0. The molecule has 1 atom stereocenters. The van der Waals surface area contributed by atoms with E-state index in [1.807, 2.05) is 32.0 Å². The van der Waals surface area contributed by atoms with Crippen LogP contribution >= 0.6 is 11.3 Å². The Bertz CT molecular complexity index is 787. The van der Waals surface area contributed by atoms with Crippen LogP contribution in [0.5, 0.6) is 0 Å². The molecule has 24 heavy (non-hydrogen) atoms. The molecule has 1 unspecified atom stereocenters. The van der Waals surface area contributed by atoms with Crippen molar-refractivity contribution in [3.63, 3.8) is 0 Å². The summed E-state index contributed by atoms with van der Waals surface area (Å²) in [7, 11) is -3.45. The molecule has 3 heterocycles. The zero-order chi connectivity index (χ0) is 17.2. The monoisotopic (exact) mass is 365 g/mol. The lowest BCUT2D eigenvalue weighted by molar-refractivity contribution is 0.192. The van der Waals surface area contributed by atoms with Crippen LogP contribution in [-0.2, 0) is 16.6 Å². The van der Waals surface area contributed by atoms with Gasteiger partial charge in [-0.1, -0.05) is 6.07 Å². The van der Waals surface area contributed by atoms with E-state index in [4.69, 9.17) is 0 Å². The summed E-state index contributed by atoms with van der Waals surface area (Å²) < 4.78 is 28.2. The van der Waals surface area contributed by atoms with Crippen molar-refractivity contribution in [2.24, 2.45) is 0 Å². The molecule has 130 valence electrons. The highest BCUT2D eigenvalue weighted by Crippen LogP contribution is 2.25. The summed E-state index contributed by atoms with van der Waals surface area (Å²) in [6.45, 7) is 6.26. The zero-order valence-electron chi connectivity index (χ0n) is 14.0. The summed E-state index contributed by atoms with van der Waals surface area (Å²) in [6.07, 6.45) is 3.66. The van der Waals surface area contributed by atoms with Crippen molar-refractivity contribution in [1.29, 1.82) is 0 Å². The zero-order valence-corrected chi connectivity index (χ0v) is 15.7. The molecule has 1 fully saturated rings. The van der Waals surface area contributed by atoms with E-state index in [9.17, 15) is 8.42 Å². The minimum absolute atomic E-state index is 0.0490. The molecule has 1 saturated heterocycles. The van der Waals surface area contributed by atoms with Crippen molar-refractivity contribution in [1.82, 2.24) is 14.6 Å². The topological polar surface area (TPSA) is 62.3 Å². The van der Waals surface area contributed by atoms with Gasteiger partial charge in [0, 0.05) is 35.1 Å². The van der Waals surface area contributed by atoms with E-state index < -0.39 is 10.0 Å². The van der Waals surface area contributed by atoms with E-state index in [-0.39, 0.29) is 6.04 Å². The Hall–Kier alpha value is -1.28. The number of thiophene rings is 1. The number of aryl methyl sites for hydroxylation is 2. The van der Waals surface area contributed by atoms with E-state index in [0.29, 0.717) is 4.90 Å². The first-order chi connectivity index (χ1) is 11.4. The van der Waals surface area contributed by atoms with Crippen LogP contribution in [0, 0.1) is 13.8 Å². The van der Waals surface area contributed by atoms with Gasteiger partial charge < -0.3 is 0 Å². The van der Waals surface area contributed by atoms with E-state index >= 15 is 0 Å². The average molecular weight is 366 g/mol. The van der Waals surface area contributed by atoms with Crippen LogP contribution in [0.1, 0.15) is 28.3 Å². The third-order valence-electron chi connectivity index (χ3n) is 4.22. The van der Waals surface area contributed by atoms with Gasteiger partial charge in [-0.25, -0.2) is 13.1 Å². The van der Waals surface area contributed by atoms with Crippen molar-refractivity contribution in [3.8, 4) is 0 Å². The van der Waals surface area contributed by atoms with Gasteiger partial charge in [0.15, 0.2) is 0 Å². The molecule has 0 radical (unpaired) electrons. The van der Waals surface area contributed by atoms with Gasteiger partial charge >= 0.3 is 0 Å². The summed E-state index contributed by atoms with van der Waals surface area (Å²) in [5, 5.41) is 0. The number of hydrogen-bond acceptors (Lipinski definition) is 5. The average Bonchev–Trinajstić information content (AvgIpc) is 2.88. The number of nitrogens with one attached hydrogen (secondary N) is 1. The highest BCUT2D eigenvalue weighted by Gasteiger charge is 2.27. The van der Waals surface area contributed by atoms with Crippen molar-refractivity contribution >= 4 is 21.4 Å². The minimum atomic E-state index is -3.45. The highest BCUT2D eigenvalue weighted by molar-refractivity contribution is 7.89. The maximum absolute atomic E-state index is 12.7. The van der Waals surface area contributed by atoms with Crippen LogP contribution in [0.25, 0.3) is 0 Å². The number of likely N-dealkylation sites (tertiary alicyclic amines) is 1. The van der Waals surface area contributed by atoms with Crippen LogP contribution in [-0.4, -0.2) is 37.4 Å². The van der Waals surface area contributed by atoms with E-state index in [1.165, 1.54) is 11.3 Å². The Labute approximate surface area is 147 Å². The molecule has 5 nitrogen and oxygen atoms in total. The van der Waals surface area contributed by atoms with Gasteiger partial charge in [-0.15, -0.1) is 11.3 Å². The highest BCUT2D eigenvalue weighted by atomic mass is 32.2. The van der Waals surface area contributed by atoms with Gasteiger partial charge in [0.25, 0.3) is 0 Å². The number of hydrogen-bond donors (Lipinski definition) is 1. The quantitative estimate of drug-likeness (QED) is 0.885. The number of pyridine rings is 1. The van der Waals surface area contributed by atoms with Crippen LogP contribution in [0.2, 0.25) is 0 Å². The molecule has 0 saturated carbocycles. The Balaban J connectivity index is 1.66. The molecule has 3 rings (SSSR count). The Morgan fingerprint density at radius 1 is 1.38 bits per heavy atom. The van der Waals surface area contributed by atoms with Crippen LogP contribution in [0.4, 0.5) is 0 Å². The summed E-state index contributed by atoms with van der Waals surface area (Å²) in [6, 6.07) is 7.60. The molecule has 0 spiro atoms. The molecule has 0 bridgehead atoms. The minimum Gasteiger partial charge on any atom is -0.296 e. The van der Waals surface area contributed by atoms with Gasteiger partial charge in [-0.05, 0) is 51.4 Å². The SMILES string of the molecule is Cc1cc(S(=O)(=O)NC2CCCN(Cc3ccccn3)C2)c(C)s1. The second kappa shape index (κ2) is 7.31. The summed E-state index contributed by atoms with van der Waals surface area (Å²) in [5.41, 5.74) is 1.02. The Morgan fingerprint density at radius 2 is 2.21 bits per heavy atom. The lowest BCUT2D eigenvalue weighted by Crippen LogP contribution is -2.47. The number of piperidine rings is 1. The molecule has 0 aromatic carbocycles. The maximum Gasteiger partial charge on any atom is 0.241 e. The number of sulfonamides is 1. The molecule has 1 aliphatic heterocycles. The third kappa shape index (κ3) is 4.22. The third-order valence-corrected chi connectivity index (χ3v) is 6.97. The smallest absolute Gasteiger partial charge is 0.241 e. The fourth-order valence-corrected chi connectivity index (χ4v) is 5.99. The second-order valence-electron chi connectivity index (χ2n) is 6.29. The molecule has 1 aliphatic rings. The van der Waals surface area contributed by atoms with Gasteiger partial charge in [0.2, 0.25) is 10.0 Å². The molecule has 2 aromatic heterocycles. The first kappa shape index (κ1) is 17.5. The second-order valence-corrected chi connectivity index (χ2v) is 9.44. The van der Waals surface area contributed by atoms with Crippen molar-refractivity contribution in [2.45, 2.75) is 44.2 Å². The molecule has 2 aromatic rings. The van der Waals surface area contributed by atoms with Gasteiger partial charge in [-0.3, -0.25) is 9.88 Å². The van der Waals surface area contributed by atoms with Crippen molar-refractivity contribution in [3.05, 3.63) is 45.9 Å². The van der Waals surface area contributed by atoms with E-state index in [0.717, 1.165) is 47.9 Å². The molecule has 0 amide bonds. The lowest BCUT2D eigenvalue weighted by Gasteiger charge is -2.32. The first-order valence-electron chi connectivity index (χ1n) is 8.16. The summed E-state index contributed by atoms with van der Waals surface area (Å²) >= 11 is 1.52.